The molecule has 0 radical (unpaired) electrons. The fourth-order valence-corrected chi connectivity index (χ4v) is 2.38. The maximum atomic E-state index is 11.7. The van der Waals surface area contributed by atoms with Crippen LogP contribution < -0.4 is 16.6 Å². The largest absolute Gasteiger partial charge is 0.398 e. The first-order valence-corrected chi connectivity index (χ1v) is 7.09. The van der Waals surface area contributed by atoms with Crippen molar-refractivity contribution >= 4 is 29.2 Å². The number of nitrogens with one attached hydrogen (secondary N) is 2. The SMILES string of the molecule is Cc1cccc(SCC(=O)NNc2ccccn2)c1N. The molecule has 2 aromatic rings. The Morgan fingerprint density at radius 2 is 2.15 bits per heavy atom. The Labute approximate surface area is 121 Å². The number of pyridine rings is 1. The van der Waals surface area contributed by atoms with Gasteiger partial charge in [0, 0.05) is 16.8 Å². The van der Waals surface area contributed by atoms with Crippen LogP contribution in [0.15, 0.2) is 47.5 Å². The first-order chi connectivity index (χ1) is 9.66. The number of hydrazine groups is 1. The second kappa shape index (κ2) is 6.81. The standard InChI is InChI=1S/C14H16N4OS/c1-10-5-4-6-11(14(10)15)20-9-13(19)18-17-12-7-2-3-8-16-12/h2-8H,9,15H2,1H3,(H,16,17)(H,18,19). The normalized spacial score (nSPS) is 10.1. The van der Waals surface area contributed by atoms with Gasteiger partial charge >= 0.3 is 0 Å². The maximum Gasteiger partial charge on any atom is 0.248 e. The van der Waals surface area contributed by atoms with Gasteiger partial charge in [-0.15, -0.1) is 11.8 Å². The lowest BCUT2D eigenvalue weighted by Gasteiger charge is -2.09. The van der Waals surface area contributed by atoms with Crippen molar-refractivity contribution in [2.75, 3.05) is 16.9 Å². The Bertz CT molecular complexity index is 589. The molecule has 0 aliphatic heterocycles. The number of anilines is 2. The van der Waals surface area contributed by atoms with Crippen LogP contribution in [0.2, 0.25) is 0 Å². The van der Waals surface area contributed by atoms with Crippen molar-refractivity contribution in [1.29, 1.82) is 0 Å². The second-order valence-electron chi connectivity index (χ2n) is 4.16. The third-order valence-corrected chi connectivity index (χ3v) is 3.71. The number of nitrogens with zero attached hydrogens (tertiary/aromatic N) is 1. The van der Waals surface area contributed by atoms with Crippen LogP contribution in [0.4, 0.5) is 11.5 Å². The van der Waals surface area contributed by atoms with Crippen LogP contribution in [0.1, 0.15) is 5.56 Å². The predicted octanol–water partition coefficient (Wildman–Crippen LogP) is 2.21. The number of carbonyl (C=O) groups is 1. The molecule has 1 amide bonds. The summed E-state index contributed by atoms with van der Waals surface area (Å²) in [6.45, 7) is 1.95. The first-order valence-electron chi connectivity index (χ1n) is 6.10. The molecule has 0 saturated carbocycles. The van der Waals surface area contributed by atoms with E-state index in [0.717, 1.165) is 16.1 Å². The average molecular weight is 288 g/mol. The van der Waals surface area contributed by atoms with Crippen molar-refractivity contribution in [2.45, 2.75) is 11.8 Å². The van der Waals surface area contributed by atoms with E-state index in [1.54, 1.807) is 12.3 Å². The van der Waals surface area contributed by atoms with Crippen LogP contribution >= 0.6 is 11.8 Å². The molecule has 0 bridgehead atoms. The Morgan fingerprint density at radius 1 is 1.30 bits per heavy atom. The highest BCUT2D eigenvalue weighted by molar-refractivity contribution is 8.00. The smallest absolute Gasteiger partial charge is 0.248 e. The predicted molar refractivity (Wildman–Crippen MR) is 82.3 cm³/mol. The number of nitrogen functional groups attached to an aromatic ring is 1. The third-order valence-electron chi connectivity index (χ3n) is 2.64. The third kappa shape index (κ3) is 3.89. The lowest BCUT2D eigenvalue weighted by molar-refractivity contribution is -0.118. The molecule has 5 nitrogen and oxygen atoms in total. The Kier molecular flexibility index (Phi) is 4.84. The highest BCUT2D eigenvalue weighted by atomic mass is 32.2. The van der Waals surface area contributed by atoms with Gasteiger partial charge in [-0.05, 0) is 30.7 Å². The number of aryl methyl sites for hydroxylation is 1. The number of aromatic nitrogens is 1. The van der Waals surface area contributed by atoms with Gasteiger partial charge in [0.1, 0.15) is 5.82 Å². The van der Waals surface area contributed by atoms with Gasteiger partial charge in [0.25, 0.3) is 0 Å². The van der Waals surface area contributed by atoms with Crippen LogP contribution in [-0.2, 0) is 4.79 Å². The molecule has 6 heteroatoms. The topological polar surface area (TPSA) is 80.0 Å². The molecule has 0 spiro atoms. The van der Waals surface area contributed by atoms with Crippen LogP contribution in [0, 0.1) is 6.92 Å². The number of thioether (sulfide) groups is 1. The number of hydrogen-bond donors (Lipinski definition) is 3. The quantitative estimate of drug-likeness (QED) is 0.446. The molecule has 2 rings (SSSR count). The highest BCUT2D eigenvalue weighted by Gasteiger charge is 2.06. The molecule has 1 aromatic heterocycles. The minimum atomic E-state index is -0.137. The number of carbonyl (C=O) groups excluding carboxylic acids is 1. The van der Waals surface area contributed by atoms with Crippen LogP contribution in [0.5, 0.6) is 0 Å². The summed E-state index contributed by atoms with van der Waals surface area (Å²) in [6.07, 6.45) is 1.65. The van der Waals surface area contributed by atoms with E-state index in [-0.39, 0.29) is 11.7 Å². The van der Waals surface area contributed by atoms with E-state index in [0.29, 0.717) is 5.82 Å². The number of hydrogen-bond acceptors (Lipinski definition) is 5. The minimum absolute atomic E-state index is 0.137. The zero-order chi connectivity index (χ0) is 14.4. The van der Waals surface area contributed by atoms with Crippen molar-refractivity contribution in [3.63, 3.8) is 0 Å². The fraction of sp³-hybridized carbons (Fsp3) is 0.143. The van der Waals surface area contributed by atoms with E-state index in [9.17, 15) is 4.79 Å². The van der Waals surface area contributed by atoms with Crippen LogP contribution in [0.25, 0.3) is 0 Å². The second-order valence-corrected chi connectivity index (χ2v) is 5.18. The van der Waals surface area contributed by atoms with Gasteiger partial charge in [0.15, 0.2) is 0 Å². The van der Waals surface area contributed by atoms with Gasteiger partial charge in [-0.3, -0.25) is 15.6 Å². The molecule has 0 saturated heterocycles. The summed E-state index contributed by atoms with van der Waals surface area (Å²) in [7, 11) is 0. The van der Waals surface area contributed by atoms with Crippen molar-refractivity contribution < 1.29 is 4.79 Å². The van der Waals surface area contributed by atoms with Crippen molar-refractivity contribution in [3.8, 4) is 0 Å². The molecule has 0 aliphatic carbocycles. The molecule has 20 heavy (non-hydrogen) atoms. The van der Waals surface area contributed by atoms with Crippen LogP contribution in [0.3, 0.4) is 0 Å². The summed E-state index contributed by atoms with van der Waals surface area (Å²) in [5.41, 5.74) is 13.0. The van der Waals surface area contributed by atoms with Gasteiger partial charge in [-0.25, -0.2) is 4.98 Å². The summed E-state index contributed by atoms with van der Waals surface area (Å²) in [5, 5.41) is 0. The number of amides is 1. The van der Waals surface area contributed by atoms with Crippen LogP contribution in [-0.4, -0.2) is 16.6 Å². The van der Waals surface area contributed by atoms with Crippen molar-refractivity contribution in [3.05, 3.63) is 48.2 Å². The molecule has 1 aromatic carbocycles. The molecular formula is C14H16N4OS. The lowest BCUT2D eigenvalue weighted by Crippen LogP contribution is -2.31. The Morgan fingerprint density at radius 3 is 2.90 bits per heavy atom. The van der Waals surface area contributed by atoms with Crippen molar-refractivity contribution in [2.24, 2.45) is 0 Å². The summed E-state index contributed by atoms with van der Waals surface area (Å²) < 4.78 is 0. The number of benzene rings is 1. The minimum Gasteiger partial charge on any atom is -0.398 e. The molecule has 0 fully saturated rings. The molecule has 0 unspecified atom stereocenters. The van der Waals surface area contributed by atoms with E-state index in [2.05, 4.69) is 15.8 Å². The van der Waals surface area contributed by atoms with E-state index >= 15 is 0 Å². The number of rotatable bonds is 5. The monoisotopic (exact) mass is 288 g/mol. The van der Waals surface area contributed by atoms with Gasteiger partial charge in [0.2, 0.25) is 5.91 Å². The lowest BCUT2D eigenvalue weighted by atomic mass is 10.2. The van der Waals surface area contributed by atoms with E-state index < -0.39 is 0 Å². The number of para-hydroxylation sites is 1. The summed E-state index contributed by atoms with van der Waals surface area (Å²) in [5.74, 6) is 0.746. The highest BCUT2D eigenvalue weighted by Crippen LogP contribution is 2.26. The van der Waals surface area contributed by atoms with E-state index in [4.69, 9.17) is 5.73 Å². The van der Waals surface area contributed by atoms with Crippen molar-refractivity contribution in [1.82, 2.24) is 10.4 Å². The molecule has 0 aliphatic rings. The molecule has 104 valence electrons. The zero-order valence-electron chi connectivity index (χ0n) is 11.1. The van der Waals surface area contributed by atoms with E-state index in [1.807, 2.05) is 37.3 Å². The van der Waals surface area contributed by atoms with Gasteiger partial charge in [0.05, 0.1) is 5.75 Å². The zero-order valence-corrected chi connectivity index (χ0v) is 11.9. The molecular weight excluding hydrogens is 272 g/mol. The van der Waals surface area contributed by atoms with Gasteiger partial charge in [-0.2, -0.15) is 0 Å². The molecule has 0 atom stereocenters. The average Bonchev–Trinajstić information content (AvgIpc) is 2.48. The number of nitrogens with two attached hydrogens (primary N) is 1. The fourth-order valence-electron chi connectivity index (χ4n) is 1.53. The van der Waals surface area contributed by atoms with Gasteiger partial charge < -0.3 is 5.73 Å². The summed E-state index contributed by atoms with van der Waals surface area (Å²) in [6, 6.07) is 11.2. The Balaban J connectivity index is 1.82. The molecule has 1 heterocycles. The first kappa shape index (κ1) is 14.2. The summed E-state index contributed by atoms with van der Waals surface area (Å²) >= 11 is 1.41. The van der Waals surface area contributed by atoms with Gasteiger partial charge in [-0.1, -0.05) is 18.2 Å². The molecule has 4 N–H and O–H groups in total. The van der Waals surface area contributed by atoms with E-state index in [1.165, 1.54) is 11.8 Å². The summed E-state index contributed by atoms with van der Waals surface area (Å²) in [4.78, 5) is 16.7. The Hall–Kier alpha value is -2.21. The maximum absolute atomic E-state index is 11.7.